The second-order valence-electron chi connectivity index (χ2n) is 7.35. The van der Waals surface area contributed by atoms with Crippen molar-refractivity contribution < 1.29 is 19.2 Å². The number of imide groups is 1. The highest BCUT2D eigenvalue weighted by molar-refractivity contribution is 6.30. The molecule has 153 valence electrons. The van der Waals surface area contributed by atoms with Crippen molar-refractivity contribution in [2.75, 3.05) is 4.90 Å². The van der Waals surface area contributed by atoms with Gasteiger partial charge in [0.25, 0.3) is 5.91 Å². The van der Waals surface area contributed by atoms with E-state index in [1.54, 1.807) is 36.4 Å². The van der Waals surface area contributed by atoms with Crippen LogP contribution < -0.4 is 10.2 Å². The minimum absolute atomic E-state index is 0.210. The Morgan fingerprint density at radius 1 is 1.20 bits per heavy atom. The number of halogens is 1. The van der Waals surface area contributed by atoms with Crippen LogP contribution in [0.1, 0.15) is 34.3 Å². The first kappa shape index (κ1) is 20.1. The smallest absolute Gasteiger partial charge is 0.255 e. The van der Waals surface area contributed by atoms with Gasteiger partial charge < -0.3 is 9.80 Å². The zero-order valence-corrected chi connectivity index (χ0v) is 16.8. The summed E-state index contributed by atoms with van der Waals surface area (Å²) in [6.45, 7) is 4.07. The van der Waals surface area contributed by atoms with Gasteiger partial charge >= 0.3 is 0 Å². The molecular weight excluding hydrogens is 406 g/mol. The number of nitrogens with zero attached hydrogens (tertiary/aromatic N) is 2. The monoisotopic (exact) mass is 424 g/mol. The Morgan fingerprint density at radius 3 is 2.70 bits per heavy atom. The molecule has 7 nitrogen and oxygen atoms in total. The zero-order valence-electron chi connectivity index (χ0n) is 16.1. The number of hydrogen-bond donors (Lipinski definition) is 1. The van der Waals surface area contributed by atoms with E-state index in [4.69, 9.17) is 11.6 Å². The lowest BCUT2D eigenvalue weighted by atomic mass is 10.0. The van der Waals surface area contributed by atoms with Crippen LogP contribution in [0.25, 0.3) is 0 Å². The molecule has 0 aromatic heterocycles. The van der Waals surface area contributed by atoms with Crippen LogP contribution in [0.2, 0.25) is 5.02 Å². The van der Waals surface area contributed by atoms with Crippen LogP contribution in [-0.2, 0) is 27.5 Å². The van der Waals surface area contributed by atoms with Gasteiger partial charge in [0.15, 0.2) is 0 Å². The number of nitrogens with one attached hydrogen (secondary N) is 1. The Balaban J connectivity index is 1.56. The van der Waals surface area contributed by atoms with Gasteiger partial charge in [-0.15, -0.1) is 0 Å². The van der Waals surface area contributed by atoms with Crippen molar-refractivity contribution in [1.82, 2.24) is 10.2 Å². The molecule has 1 atom stereocenters. The minimum atomic E-state index is -0.657. The Hall–Kier alpha value is -3.19. The summed E-state index contributed by atoms with van der Waals surface area (Å²) in [5, 5.41) is 2.80. The molecule has 1 N–H and O–H groups in total. The van der Waals surface area contributed by atoms with Gasteiger partial charge in [-0.2, -0.15) is 0 Å². The van der Waals surface area contributed by atoms with E-state index in [-0.39, 0.29) is 37.2 Å². The third kappa shape index (κ3) is 3.80. The molecule has 0 spiro atoms. The third-order valence-corrected chi connectivity index (χ3v) is 5.58. The minimum Gasteiger partial charge on any atom is -0.322 e. The number of hydrogen-bond acceptors (Lipinski definition) is 4. The van der Waals surface area contributed by atoms with E-state index < -0.39 is 11.9 Å². The average molecular weight is 425 g/mol. The van der Waals surface area contributed by atoms with Crippen molar-refractivity contribution in [1.29, 1.82) is 0 Å². The molecule has 30 heavy (non-hydrogen) atoms. The van der Waals surface area contributed by atoms with Gasteiger partial charge in [0.1, 0.15) is 6.04 Å². The van der Waals surface area contributed by atoms with E-state index in [0.29, 0.717) is 22.7 Å². The number of anilines is 1. The largest absolute Gasteiger partial charge is 0.322 e. The van der Waals surface area contributed by atoms with Crippen LogP contribution in [0, 0.1) is 6.92 Å². The predicted molar refractivity (Wildman–Crippen MR) is 110 cm³/mol. The van der Waals surface area contributed by atoms with Gasteiger partial charge in [-0.1, -0.05) is 29.8 Å². The maximum atomic E-state index is 12.8. The SMILES string of the molecule is [CH2]C(=O)N(Cc1ccc2c(c1)CN(C1CCC(=O)NC1=O)C2=O)c1cccc(Cl)c1. The van der Waals surface area contributed by atoms with Gasteiger partial charge in [0.05, 0.1) is 6.54 Å². The number of rotatable bonds is 4. The van der Waals surface area contributed by atoms with Crippen molar-refractivity contribution >= 4 is 40.9 Å². The van der Waals surface area contributed by atoms with Crippen LogP contribution in [0.5, 0.6) is 0 Å². The highest BCUT2D eigenvalue weighted by atomic mass is 35.5. The maximum absolute atomic E-state index is 12.8. The molecule has 2 aromatic carbocycles. The standard InChI is InChI=1S/C22H19ClN3O4/c1-13(27)25(17-4-2-3-16(23)10-17)11-14-5-6-18-15(9-14)12-26(22(18)30)19-7-8-20(28)24-21(19)29/h2-6,9-10,19H,1,7-8,11-12H2,(H,24,28,29). The van der Waals surface area contributed by atoms with E-state index >= 15 is 0 Å². The van der Waals surface area contributed by atoms with Gasteiger partial charge in [0.2, 0.25) is 17.7 Å². The molecule has 4 amide bonds. The Kier molecular flexibility index (Phi) is 5.30. The molecule has 4 rings (SSSR count). The molecule has 1 radical (unpaired) electrons. The highest BCUT2D eigenvalue weighted by Crippen LogP contribution is 2.29. The lowest BCUT2D eigenvalue weighted by Gasteiger charge is -2.29. The summed E-state index contributed by atoms with van der Waals surface area (Å²) in [5.41, 5.74) is 2.76. The molecule has 2 heterocycles. The van der Waals surface area contributed by atoms with E-state index in [0.717, 1.165) is 11.1 Å². The fraction of sp³-hybridized carbons (Fsp3) is 0.227. The summed E-state index contributed by atoms with van der Waals surface area (Å²) >= 11 is 6.04. The number of piperidine rings is 1. The molecular formula is C22H19ClN3O4. The van der Waals surface area contributed by atoms with E-state index in [1.807, 2.05) is 6.07 Å². The average Bonchev–Trinajstić information content (AvgIpc) is 3.01. The zero-order chi connectivity index (χ0) is 21.4. The highest BCUT2D eigenvalue weighted by Gasteiger charge is 2.39. The quantitative estimate of drug-likeness (QED) is 0.764. The Morgan fingerprint density at radius 2 is 2.00 bits per heavy atom. The summed E-state index contributed by atoms with van der Waals surface area (Å²) in [6, 6.07) is 11.6. The second-order valence-corrected chi connectivity index (χ2v) is 7.79. The van der Waals surface area contributed by atoms with Crippen LogP contribution in [0.3, 0.4) is 0 Å². The number of fused-ring (bicyclic) bond motifs is 1. The van der Waals surface area contributed by atoms with Gasteiger partial charge in [-0.05, 0) is 41.8 Å². The third-order valence-electron chi connectivity index (χ3n) is 5.35. The molecule has 2 aliphatic rings. The number of carbonyl (C=O) groups excluding carboxylic acids is 4. The van der Waals surface area contributed by atoms with Crippen molar-refractivity contribution in [3.05, 3.63) is 71.1 Å². The van der Waals surface area contributed by atoms with Crippen molar-refractivity contribution in [3.8, 4) is 0 Å². The fourth-order valence-corrected chi connectivity index (χ4v) is 4.06. The molecule has 0 saturated carbocycles. The summed E-state index contributed by atoms with van der Waals surface area (Å²) in [7, 11) is 0. The van der Waals surface area contributed by atoms with E-state index in [2.05, 4.69) is 12.2 Å². The molecule has 0 aliphatic carbocycles. The summed E-state index contributed by atoms with van der Waals surface area (Å²) in [5.74, 6) is -1.37. The van der Waals surface area contributed by atoms with Gasteiger partial charge in [-0.3, -0.25) is 24.5 Å². The van der Waals surface area contributed by atoms with Crippen LogP contribution >= 0.6 is 11.6 Å². The lowest BCUT2D eigenvalue weighted by Crippen LogP contribution is -2.52. The van der Waals surface area contributed by atoms with Crippen molar-refractivity contribution in [2.24, 2.45) is 0 Å². The predicted octanol–water partition coefficient (Wildman–Crippen LogP) is 2.47. The molecule has 2 aromatic rings. The molecule has 1 unspecified atom stereocenters. The van der Waals surface area contributed by atoms with Gasteiger partial charge in [-0.25, -0.2) is 0 Å². The lowest BCUT2D eigenvalue weighted by molar-refractivity contribution is -0.137. The molecule has 8 heteroatoms. The number of carbonyl (C=O) groups is 4. The summed E-state index contributed by atoms with van der Waals surface area (Å²) in [6.07, 6.45) is 0.526. The Bertz CT molecular complexity index is 1070. The number of benzene rings is 2. The Labute approximate surface area is 178 Å². The maximum Gasteiger partial charge on any atom is 0.255 e. The normalized spacial score (nSPS) is 18.3. The first-order valence-electron chi connectivity index (χ1n) is 9.49. The molecule has 1 fully saturated rings. The first-order chi connectivity index (χ1) is 14.3. The van der Waals surface area contributed by atoms with Crippen LogP contribution in [0.15, 0.2) is 42.5 Å². The second kappa shape index (κ2) is 7.91. The van der Waals surface area contributed by atoms with Gasteiger partial charge in [0, 0.05) is 36.2 Å². The first-order valence-corrected chi connectivity index (χ1v) is 9.87. The molecule has 2 aliphatic heterocycles. The number of amides is 4. The molecule has 1 saturated heterocycles. The topological polar surface area (TPSA) is 86.8 Å². The van der Waals surface area contributed by atoms with Crippen LogP contribution in [-0.4, -0.2) is 34.6 Å². The molecule has 0 bridgehead atoms. The summed E-state index contributed by atoms with van der Waals surface area (Å²) in [4.78, 5) is 51.5. The van der Waals surface area contributed by atoms with Crippen LogP contribution in [0.4, 0.5) is 5.69 Å². The van der Waals surface area contributed by atoms with E-state index in [9.17, 15) is 19.2 Å². The fourth-order valence-electron chi connectivity index (χ4n) is 3.88. The van der Waals surface area contributed by atoms with E-state index in [1.165, 1.54) is 9.80 Å². The van der Waals surface area contributed by atoms with Crippen molar-refractivity contribution in [3.63, 3.8) is 0 Å². The van der Waals surface area contributed by atoms with Crippen molar-refractivity contribution in [2.45, 2.75) is 32.0 Å². The summed E-state index contributed by atoms with van der Waals surface area (Å²) < 4.78 is 0.